The third-order valence-corrected chi connectivity index (χ3v) is 2.59. The molecule has 14 heavy (non-hydrogen) atoms. The zero-order valence-corrected chi connectivity index (χ0v) is 8.56. The van der Waals surface area contributed by atoms with E-state index in [2.05, 4.69) is 35.8 Å². The Labute approximate surface area is 86.0 Å². The molecule has 1 atom stereocenters. The van der Waals surface area contributed by atoms with Crippen LogP contribution < -0.4 is 0 Å². The molecule has 2 heteroatoms. The predicted octanol–water partition coefficient (Wildman–Crippen LogP) is 2.10. The van der Waals surface area contributed by atoms with Gasteiger partial charge in [0, 0.05) is 18.4 Å². The van der Waals surface area contributed by atoms with Crippen LogP contribution in [-0.2, 0) is 0 Å². The standard InChI is InChI=1S/C10H14N2.C2H2/c1-12-7-3-5-10(12)9-4-2-6-11-8-9;1-2/h2,4,6,8,10H,3,5,7H2,1H3;1-2H. The molecule has 0 aromatic carbocycles. The first-order valence-corrected chi connectivity index (χ1v) is 4.81. The quantitative estimate of drug-likeness (QED) is 0.627. The first-order valence-electron chi connectivity index (χ1n) is 4.81. The van der Waals surface area contributed by atoms with E-state index in [-0.39, 0.29) is 0 Å². The lowest BCUT2D eigenvalue weighted by Gasteiger charge is -2.18. The summed E-state index contributed by atoms with van der Waals surface area (Å²) in [6.07, 6.45) is 14.4. The van der Waals surface area contributed by atoms with E-state index < -0.39 is 0 Å². The molecule has 1 saturated heterocycles. The lowest BCUT2D eigenvalue weighted by molar-refractivity contribution is 0.317. The summed E-state index contributed by atoms with van der Waals surface area (Å²) in [5.74, 6) is 0. The highest BCUT2D eigenvalue weighted by molar-refractivity contribution is 5.14. The van der Waals surface area contributed by atoms with Crippen LogP contribution in [-0.4, -0.2) is 23.5 Å². The Bertz CT molecular complexity index is 279. The first-order chi connectivity index (χ1) is 6.88. The molecule has 1 aliphatic rings. The van der Waals surface area contributed by atoms with Gasteiger partial charge in [-0.3, -0.25) is 9.88 Å². The number of likely N-dealkylation sites (tertiary alicyclic amines) is 1. The van der Waals surface area contributed by atoms with E-state index in [4.69, 9.17) is 0 Å². The minimum absolute atomic E-state index is 0.610. The van der Waals surface area contributed by atoms with Gasteiger partial charge in [-0.05, 0) is 38.1 Å². The number of pyridine rings is 1. The highest BCUT2D eigenvalue weighted by atomic mass is 15.1. The van der Waals surface area contributed by atoms with Gasteiger partial charge in [-0.25, -0.2) is 0 Å². The molecule has 74 valence electrons. The molecule has 1 aromatic rings. The maximum Gasteiger partial charge on any atom is 0.0360 e. The minimum atomic E-state index is 0.610. The van der Waals surface area contributed by atoms with E-state index >= 15 is 0 Å². The number of hydrogen-bond acceptors (Lipinski definition) is 2. The topological polar surface area (TPSA) is 16.1 Å². The van der Waals surface area contributed by atoms with Crippen molar-refractivity contribution in [2.45, 2.75) is 18.9 Å². The van der Waals surface area contributed by atoms with Crippen LogP contribution in [0.15, 0.2) is 24.5 Å². The lowest BCUT2D eigenvalue weighted by atomic mass is 10.1. The van der Waals surface area contributed by atoms with Crippen molar-refractivity contribution in [3.63, 3.8) is 0 Å². The molecule has 2 rings (SSSR count). The van der Waals surface area contributed by atoms with Crippen molar-refractivity contribution in [1.29, 1.82) is 0 Å². The van der Waals surface area contributed by atoms with Crippen molar-refractivity contribution in [1.82, 2.24) is 9.88 Å². The van der Waals surface area contributed by atoms with Crippen LogP contribution in [0.25, 0.3) is 0 Å². The first kappa shape index (κ1) is 10.7. The van der Waals surface area contributed by atoms with Gasteiger partial charge in [0.05, 0.1) is 0 Å². The van der Waals surface area contributed by atoms with Gasteiger partial charge in [-0.15, -0.1) is 12.8 Å². The molecule has 0 spiro atoms. The molecule has 0 radical (unpaired) electrons. The number of nitrogens with zero attached hydrogens (tertiary/aromatic N) is 2. The summed E-state index contributed by atoms with van der Waals surface area (Å²) < 4.78 is 0. The second-order valence-corrected chi connectivity index (χ2v) is 3.42. The largest absolute Gasteiger partial charge is 0.299 e. The van der Waals surface area contributed by atoms with Crippen molar-refractivity contribution in [3.8, 4) is 12.8 Å². The highest BCUT2D eigenvalue weighted by Gasteiger charge is 2.21. The summed E-state index contributed by atoms with van der Waals surface area (Å²) >= 11 is 0. The fourth-order valence-corrected chi connectivity index (χ4v) is 1.90. The molecule has 0 aliphatic carbocycles. The number of rotatable bonds is 1. The molecule has 1 aromatic heterocycles. The average molecular weight is 188 g/mol. The summed E-state index contributed by atoms with van der Waals surface area (Å²) in [6, 6.07) is 4.79. The summed E-state index contributed by atoms with van der Waals surface area (Å²) in [5.41, 5.74) is 1.36. The van der Waals surface area contributed by atoms with Crippen LogP contribution >= 0.6 is 0 Å². The van der Waals surface area contributed by atoms with Gasteiger partial charge >= 0.3 is 0 Å². The second kappa shape index (κ2) is 5.41. The van der Waals surface area contributed by atoms with Crippen molar-refractivity contribution in [3.05, 3.63) is 30.1 Å². The van der Waals surface area contributed by atoms with Crippen molar-refractivity contribution < 1.29 is 0 Å². The number of terminal acetylenes is 1. The van der Waals surface area contributed by atoms with E-state index in [1.54, 1.807) is 0 Å². The maximum absolute atomic E-state index is 4.14. The van der Waals surface area contributed by atoms with E-state index in [9.17, 15) is 0 Å². The number of aromatic nitrogens is 1. The van der Waals surface area contributed by atoms with Crippen LogP contribution in [0.3, 0.4) is 0 Å². The van der Waals surface area contributed by atoms with Crippen LogP contribution in [0.2, 0.25) is 0 Å². The summed E-state index contributed by atoms with van der Waals surface area (Å²) in [6.45, 7) is 1.22. The van der Waals surface area contributed by atoms with Crippen LogP contribution in [0.4, 0.5) is 0 Å². The van der Waals surface area contributed by atoms with Gasteiger partial charge < -0.3 is 0 Å². The molecule has 0 N–H and O–H groups in total. The Morgan fingerprint density at radius 3 is 2.79 bits per heavy atom. The van der Waals surface area contributed by atoms with Gasteiger partial charge in [0.25, 0.3) is 0 Å². The van der Waals surface area contributed by atoms with E-state index in [0.29, 0.717) is 6.04 Å². The smallest absolute Gasteiger partial charge is 0.0360 e. The highest BCUT2D eigenvalue weighted by Crippen LogP contribution is 2.29. The molecular weight excluding hydrogens is 172 g/mol. The Morgan fingerprint density at radius 2 is 2.29 bits per heavy atom. The summed E-state index contributed by atoms with van der Waals surface area (Å²) in [7, 11) is 2.19. The van der Waals surface area contributed by atoms with Gasteiger partial charge in [0.2, 0.25) is 0 Å². The van der Waals surface area contributed by atoms with Gasteiger partial charge in [0.15, 0.2) is 0 Å². The van der Waals surface area contributed by atoms with Crippen molar-refractivity contribution in [2.75, 3.05) is 13.6 Å². The predicted molar refractivity (Wildman–Crippen MR) is 58.7 cm³/mol. The summed E-state index contributed by atoms with van der Waals surface area (Å²) in [5, 5.41) is 0. The van der Waals surface area contributed by atoms with E-state index in [0.717, 1.165) is 0 Å². The zero-order valence-electron chi connectivity index (χ0n) is 8.56. The van der Waals surface area contributed by atoms with Gasteiger partial charge in [-0.1, -0.05) is 6.07 Å². The molecular formula is C12H16N2. The molecule has 0 saturated carbocycles. The van der Waals surface area contributed by atoms with Crippen molar-refractivity contribution >= 4 is 0 Å². The number of hydrogen-bond donors (Lipinski definition) is 0. The molecule has 1 fully saturated rings. The van der Waals surface area contributed by atoms with Crippen LogP contribution in [0.1, 0.15) is 24.4 Å². The monoisotopic (exact) mass is 188 g/mol. The Balaban J connectivity index is 0.000000461. The molecule has 1 unspecified atom stereocenters. The van der Waals surface area contributed by atoms with E-state index in [1.165, 1.54) is 24.9 Å². The third kappa shape index (κ3) is 2.34. The van der Waals surface area contributed by atoms with Crippen molar-refractivity contribution in [2.24, 2.45) is 0 Å². The molecule has 2 nitrogen and oxygen atoms in total. The second-order valence-electron chi connectivity index (χ2n) is 3.42. The molecule has 2 heterocycles. The Kier molecular flexibility index (Phi) is 4.15. The fourth-order valence-electron chi connectivity index (χ4n) is 1.90. The third-order valence-electron chi connectivity index (χ3n) is 2.59. The van der Waals surface area contributed by atoms with Gasteiger partial charge in [0.1, 0.15) is 0 Å². The van der Waals surface area contributed by atoms with Crippen LogP contribution in [0, 0.1) is 12.8 Å². The normalized spacial score (nSPS) is 21.2. The van der Waals surface area contributed by atoms with Gasteiger partial charge in [-0.2, -0.15) is 0 Å². The fraction of sp³-hybridized carbons (Fsp3) is 0.417. The minimum Gasteiger partial charge on any atom is -0.299 e. The Morgan fingerprint density at radius 1 is 1.50 bits per heavy atom. The maximum atomic E-state index is 4.14. The zero-order chi connectivity index (χ0) is 10.4. The van der Waals surface area contributed by atoms with Crippen LogP contribution in [0.5, 0.6) is 0 Å². The SMILES string of the molecule is C#C.CN1CCCC1c1cccnc1. The molecule has 0 amide bonds. The Hall–Kier alpha value is -1.33. The summed E-state index contributed by atoms with van der Waals surface area (Å²) in [4.78, 5) is 6.54. The molecule has 0 bridgehead atoms. The molecule has 1 aliphatic heterocycles. The average Bonchev–Trinajstić information content (AvgIpc) is 2.69. The van der Waals surface area contributed by atoms with E-state index in [1.807, 2.05) is 18.5 Å². The lowest BCUT2D eigenvalue weighted by Crippen LogP contribution is -2.17.